The fourth-order valence-corrected chi connectivity index (χ4v) is 4.44. The SMILES string of the molecule is COCOc1ccccc1N(c1ccccc1OCOC)[Si](C)(C)C. The summed E-state index contributed by atoms with van der Waals surface area (Å²) in [6, 6.07) is 16.0. The van der Waals surface area contributed by atoms with E-state index in [0.29, 0.717) is 0 Å². The molecule has 0 radical (unpaired) electrons. The topological polar surface area (TPSA) is 40.2 Å². The van der Waals surface area contributed by atoms with E-state index in [2.05, 4.69) is 36.3 Å². The van der Waals surface area contributed by atoms with Crippen LogP contribution in [-0.2, 0) is 9.47 Å². The molecule has 0 aliphatic heterocycles. The fourth-order valence-electron chi connectivity index (χ4n) is 2.63. The largest absolute Gasteiger partial charge is 0.465 e. The normalized spacial score (nSPS) is 11.2. The molecule has 0 fully saturated rings. The van der Waals surface area contributed by atoms with E-state index in [1.54, 1.807) is 14.2 Å². The molecule has 2 aromatic carbocycles. The van der Waals surface area contributed by atoms with E-state index in [1.165, 1.54) is 0 Å². The molecule has 0 saturated carbocycles. The lowest BCUT2D eigenvalue weighted by Gasteiger charge is -2.38. The lowest BCUT2D eigenvalue weighted by atomic mass is 10.2. The minimum absolute atomic E-state index is 0.207. The van der Waals surface area contributed by atoms with Gasteiger partial charge in [-0.05, 0) is 24.3 Å². The number of para-hydroxylation sites is 4. The summed E-state index contributed by atoms with van der Waals surface area (Å²) in [4.78, 5) is 0. The summed E-state index contributed by atoms with van der Waals surface area (Å²) in [5, 5.41) is 0. The summed E-state index contributed by atoms with van der Waals surface area (Å²) in [7, 11) is 1.42. The second kappa shape index (κ2) is 8.89. The van der Waals surface area contributed by atoms with E-state index in [-0.39, 0.29) is 13.6 Å². The van der Waals surface area contributed by atoms with E-state index < -0.39 is 8.24 Å². The van der Waals surface area contributed by atoms with Gasteiger partial charge in [-0.15, -0.1) is 0 Å². The van der Waals surface area contributed by atoms with Crippen LogP contribution >= 0.6 is 0 Å². The highest BCUT2D eigenvalue weighted by Gasteiger charge is 2.30. The van der Waals surface area contributed by atoms with Gasteiger partial charge >= 0.3 is 0 Å². The first-order chi connectivity index (χ1) is 12.0. The van der Waals surface area contributed by atoms with Crippen molar-refractivity contribution in [3.05, 3.63) is 48.5 Å². The minimum Gasteiger partial charge on any atom is -0.465 e. The highest BCUT2D eigenvalue weighted by atomic mass is 28.3. The maximum Gasteiger partial charge on any atom is 0.188 e. The van der Waals surface area contributed by atoms with Crippen LogP contribution < -0.4 is 14.0 Å². The van der Waals surface area contributed by atoms with Gasteiger partial charge in [-0.3, -0.25) is 0 Å². The molecule has 6 heteroatoms. The Balaban J connectivity index is 2.53. The van der Waals surface area contributed by atoms with Gasteiger partial charge in [0.25, 0.3) is 0 Å². The average molecular weight is 362 g/mol. The number of methoxy groups -OCH3 is 2. The molecule has 5 nitrogen and oxygen atoms in total. The fraction of sp³-hybridized carbons (Fsp3) is 0.368. The molecule has 0 aliphatic carbocycles. The van der Waals surface area contributed by atoms with Crippen molar-refractivity contribution in [2.24, 2.45) is 0 Å². The Morgan fingerprint density at radius 3 is 1.48 bits per heavy atom. The zero-order chi connectivity index (χ0) is 18.3. The molecule has 0 saturated heterocycles. The third-order valence-electron chi connectivity index (χ3n) is 3.55. The first-order valence-corrected chi connectivity index (χ1v) is 11.7. The number of hydrogen-bond donors (Lipinski definition) is 0. The van der Waals surface area contributed by atoms with Crippen LogP contribution in [0.3, 0.4) is 0 Å². The number of ether oxygens (including phenoxy) is 4. The molecule has 0 atom stereocenters. The quantitative estimate of drug-likeness (QED) is 0.481. The third kappa shape index (κ3) is 4.98. The van der Waals surface area contributed by atoms with Gasteiger partial charge in [0.1, 0.15) is 11.5 Å². The zero-order valence-corrected chi connectivity index (χ0v) is 16.6. The molecule has 0 aromatic heterocycles. The van der Waals surface area contributed by atoms with Crippen molar-refractivity contribution in [3.63, 3.8) is 0 Å². The summed E-state index contributed by atoms with van der Waals surface area (Å²) in [6.45, 7) is 7.27. The molecular formula is C19H27NO4Si. The van der Waals surface area contributed by atoms with E-state index in [4.69, 9.17) is 18.9 Å². The van der Waals surface area contributed by atoms with Crippen LogP contribution in [0, 0.1) is 0 Å². The first-order valence-electron chi connectivity index (χ1n) is 8.20. The lowest BCUT2D eigenvalue weighted by Crippen LogP contribution is -2.43. The van der Waals surface area contributed by atoms with Gasteiger partial charge in [0, 0.05) is 14.2 Å². The van der Waals surface area contributed by atoms with Crippen LogP contribution in [0.4, 0.5) is 11.4 Å². The molecule has 25 heavy (non-hydrogen) atoms. The van der Waals surface area contributed by atoms with Crippen LogP contribution in [0.5, 0.6) is 11.5 Å². The van der Waals surface area contributed by atoms with Gasteiger partial charge < -0.3 is 23.5 Å². The Bertz CT molecular complexity index is 621. The third-order valence-corrected chi connectivity index (χ3v) is 5.37. The minimum atomic E-state index is -1.82. The zero-order valence-electron chi connectivity index (χ0n) is 15.6. The van der Waals surface area contributed by atoms with E-state index in [0.717, 1.165) is 22.9 Å². The summed E-state index contributed by atoms with van der Waals surface area (Å²) >= 11 is 0. The number of rotatable bonds is 9. The number of anilines is 2. The van der Waals surface area contributed by atoms with Crippen molar-refractivity contribution in [1.82, 2.24) is 0 Å². The van der Waals surface area contributed by atoms with Gasteiger partial charge in [-0.25, -0.2) is 0 Å². The predicted octanol–water partition coefficient (Wildman–Crippen LogP) is 4.63. The molecule has 0 bridgehead atoms. The smallest absolute Gasteiger partial charge is 0.188 e. The van der Waals surface area contributed by atoms with Crippen molar-refractivity contribution in [1.29, 1.82) is 0 Å². The molecule has 0 unspecified atom stereocenters. The molecular weight excluding hydrogens is 334 g/mol. The van der Waals surface area contributed by atoms with Gasteiger partial charge in [0.15, 0.2) is 21.8 Å². The molecule has 0 spiro atoms. The summed E-state index contributed by atoms with van der Waals surface area (Å²) in [6.07, 6.45) is 0. The predicted molar refractivity (Wildman–Crippen MR) is 103 cm³/mol. The molecule has 2 rings (SSSR count). The molecule has 0 aliphatic rings. The van der Waals surface area contributed by atoms with Gasteiger partial charge in [0.05, 0.1) is 11.4 Å². The number of hydrogen-bond acceptors (Lipinski definition) is 5. The Morgan fingerprint density at radius 1 is 0.720 bits per heavy atom. The summed E-state index contributed by atoms with van der Waals surface area (Å²) in [5.74, 6) is 1.57. The second-order valence-electron chi connectivity index (χ2n) is 6.54. The van der Waals surface area contributed by atoms with Crippen LogP contribution in [0.25, 0.3) is 0 Å². The Kier molecular flexibility index (Phi) is 6.87. The van der Waals surface area contributed by atoms with Crippen molar-refractivity contribution < 1.29 is 18.9 Å². The highest BCUT2D eigenvalue weighted by molar-refractivity contribution is 6.81. The van der Waals surface area contributed by atoms with Crippen molar-refractivity contribution in [2.75, 3.05) is 32.4 Å². The van der Waals surface area contributed by atoms with Crippen molar-refractivity contribution >= 4 is 19.6 Å². The second-order valence-corrected chi connectivity index (χ2v) is 11.3. The first kappa shape index (κ1) is 19.3. The van der Waals surface area contributed by atoms with Crippen molar-refractivity contribution in [3.8, 4) is 11.5 Å². The van der Waals surface area contributed by atoms with Crippen LogP contribution in [0.2, 0.25) is 19.6 Å². The van der Waals surface area contributed by atoms with Gasteiger partial charge in [0.2, 0.25) is 0 Å². The molecule has 136 valence electrons. The van der Waals surface area contributed by atoms with E-state index in [1.807, 2.05) is 36.4 Å². The molecule has 0 N–H and O–H groups in total. The number of nitrogens with zero attached hydrogens (tertiary/aromatic N) is 1. The van der Waals surface area contributed by atoms with Crippen LogP contribution in [0.15, 0.2) is 48.5 Å². The standard InChI is InChI=1S/C19H27NO4Si/c1-21-14-23-18-12-8-6-10-16(18)20(25(3,4)5)17-11-7-9-13-19(17)24-15-22-2/h6-13H,14-15H2,1-5H3. The monoisotopic (exact) mass is 361 g/mol. The highest BCUT2D eigenvalue weighted by Crippen LogP contribution is 2.41. The summed E-state index contributed by atoms with van der Waals surface area (Å²) < 4.78 is 24.1. The Labute approximate surface area is 151 Å². The lowest BCUT2D eigenvalue weighted by molar-refractivity contribution is 0.0511. The maximum atomic E-state index is 5.80. The molecule has 0 amide bonds. The van der Waals surface area contributed by atoms with E-state index in [9.17, 15) is 0 Å². The van der Waals surface area contributed by atoms with Crippen molar-refractivity contribution in [2.45, 2.75) is 19.6 Å². The Morgan fingerprint density at radius 2 is 1.12 bits per heavy atom. The molecule has 0 heterocycles. The van der Waals surface area contributed by atoms with Crippen LogP contribution in [-0.4, -0.2) is 36.0 Å². The maximum absolute atomic E-state index is 5.80. The molecule has 2 aromatic rings. The Hall–Kier alpha value is -2.02. The van der Waals surface area contributed by atoms with Gasteiger partial charge in [-0.2, -0.15) is 0 Å². The average Bonchev–Trinajstić information content (AvgIpc) is 2.59. The van der Waals surface area contributed by atoms with Gasteiger partial charge in [-0.1, -0.05) is 43.9 Å². The van der Waals surface area contributed by atoms with Crippen LogP contribution in [0.1, 0.15) is 0 Å². The summed E-state index contributed by atoms with van der Waals surface area (Å²) in [5.41, 5.74) is 2.01. The number of benzene rings is 2. The van der Waals surface area contributed by atoms with E-state index >= 15 is 0 Å².